The second-order valence-electron chi connectivity index (χ2n) is 4.34. The summed E-state index contributed by atoms with van der Waals surface area (Å²) in [6.07, 6.45) is 1.07. The van der Waals surface area contributed by atoms with Crippen LogP contribution in [0.25, 0.3) is 0 Å². The first kappa shape index (κ1) is 32.2. The second kappa shape index (κ2) is 22.8. The van der Waals surface area contributed by atoms with Gasteiger partial charge in [-0.25, -0.2) is 4.21 Å². The third-order valence-electron chi connectivity index (χ3n) is 2.30. The van der Waals surface area contributed by atoms with Crippen molar-refractivity contribution in [2.24, 2.45) is 11.5 Å². The molecule has 4 atom stereocenters. The predicted octanol–water partition coefficient (Wildman–Crippen LogP) is -4.71. The van der Waals surface area contributed by atoms with Gasteiger partial charge in [0.05, 0.1) is 5.75 Å². The Morgan fingerprint density at radius 1 is 0.875 bits per heavy atom. The Bertz CT molecular complexity index is 306. The van der Waals surface area contributed by atoms with Crippen molar-refractivity contribution in [2.45, 2.75) is 24.9 Å². The van der Waals surface area contributed by atoms with Crippen LogP contribution >= 0.6 is 43.2 Å². The molecule has 0 amide bonds. The van der Waals surface area contributed by atoms with E-state index in [1.165, 1.54) is 0 Å². The van der Waals surface area contributed by atoms with Gasteiger partial charge in [-0.15, -0.1) is 0 Å². The fourth-order valence-electron chi connectivity index (χ4n) is 1.12. The van der Waals surface area contributed by atoms with E-state index in [0.29, 0.717) is 12.8 Å². The molecule has 0 rings (SSSR count). The van der Waals surface area contributed by atoms with Crippen LogP contribution < -0.4 is 70.6 Å². The summed E-state index contributed by atoms with van der Waals surface area (Å²) in [7, 11) is 6.83. The Morgan fingerprint density at radius 3 is 1.67 bits per heavy atom. The summed E-state index contributed by atoms with van der Waals surface area (Å²) in [6.45, 7) is 0. The molecule has 0 aliphatic rings. The number of hydrogen-bond acceptors (Lipinski definition) is 9. The van der Waals surface area contributed by atoms with Crippen molar-refractivity contribution < 1.29 is 76.6 Å². The van der Waals surface area contributed by atoms with Gasteiger partial charge in [0.1, 0.15) is 0 Å². The van der Waals surface area contributed by atoms with E-state index in [4.69, 9.17) is 16.0 Å². The van der Waals surface area contributed by atoms with E-state index in [1.807, 2.05) is 0 Å². The molecule has 0 fully saturated rings. The van der Waals surface area contributed by atoms with Crippen LogP contribution in [-0.4, -0.2) is 64.1 Å². The SMILES string of the molecule is N[C@H](CCS(=O)[O-])CSSCCSSC[C@H](N)CCS(=O)O.[Na+].[Na+]. The Hall–Kier alpha value is 3.54. The third-order valence-corrected chi connectivity index (χ3v) is 8.73. The molecule has 0 aliphatic heterocycles. The number of nitrogens with two attached hydrogens (primary N) is 2. The molecule has 0 aliphatic carbocycles. The van der Waals surface area contributed by atoms with Crippen molar-refractivity contribution in [2.75, 3.05) is 34.5 Å². The minimum Gasteiger partial charge on any atom is -0.772 e. The van der Waals surface area contributed by atoms with Gasteiger partial charge in [0, 0.05) is 40.8 Å². The molecule has 5 N–H and O–H groups in total. The zero-order valence-electron chi connectivity index (χ0n) is 14.1. The van der Waals surface area contributed by atoms with Crippen LogP contribution in [0.5, 0.6) is 0 Å². The van der Waals surface area contributed by atoms with Gasteiger partial charge < -0.3 is 20.6 Å². The van der Waals surface area contributed by atoms with Crippen LogP contribution in [0.4, 0.5) is 0 Å². The third kappa shape index (κ3) is 25.5. The standard InChI is InChI=1S/C10H24N2O4S6.2Na/c11-9(1-5-21(13)14)7-19-17-3-4-18-20-8-10(12)2-6-22(15)16;;/h9-10H,1-8,11-12H2,(H,13,14)(H,15,16);;/q;2*+1/p-1/t9-,10-;;/m1../s1. The first-order valence-corrected chi connectivity index (χ1v) is 14.0. The smallest absolute Gasteiger partial charge is 0.772 e. The zero-order chi connectivity index (χ0) is 16.8. The quantitative estimate of drug-likeness (QED) is 0.0923. The first-order chi connectivity index (χ1) is 10.4. The molecule has 24 heavy (non-hydrogen) atoms. The van der Waals surface area contributed by atoms with E-state index < -0.39 is 22.2 Å². The molecule has 0 saturated carbocycles. The number of rotatable bonds is 15. The van der Waals surface area contributed by atoms with Gasteiger partial charge in [0.25, 0.3) is 0 Å². The van der Waals surface area contributed by atoms with Gasteiger partial charge in [-0.1, -0.05) is 54.3 Å². The van der Waals surface area contributed by atoms with Crippen LogP contribution in [0.2, 0.25) is 0 Å². The van der Waals surface area contributed by atoms with Crippen LogP contribution in [0.15, 0.2) is 0 Å². The molecule has 0 heterocycles. The molecule has 0 aromatic carbocycles. The molecular formula is C10H23N2Na2O4S6+. The summed E-state index contributed by atoms with van der Waals surface area (Å²) >= 11 is -3.75. The van der Waals surface area contributed by atoms with Crippen LogP contribution in [0.3, 0.4) is 0 Å². The molecule has 14 heteroatoms. The average Bonchev–Trinajstić information content (AvgIpc) is 2.45. The fraction of sp³-hybridized carbons (Fsp3) is 1.00. The molecule has 0 saturated heterocycles. The maximum atomic E-state index is 10.5. The summed E-state index contributed by atoms with van der Waals surface area (Å²) < 4.78 is 39.9. The van der Waals surface area contributed by atoms with E-state index in [0.717, 1.165) is 23.0 Å². The van der Waals surface area contributed by atoms with Gasteiger partial charge >= 0.3 is 59.1 Å². The normalized spacial score (nSPS) is 15.7. The maximum absolute atomic E-state index is 10.5. The van der Waals surface area contributed by atoms with Crippen molar-refractivity contribution in [3.05, 3.63) is 0 Å². The molecule has 2 unspecified atom stereocenters. The van der Waals surface area contributed by atoms with E-state index in [2.05, 4.69) is 0 Å². The summed E-state index contributed by atoms with van der Waals surface area (Å²) in [5.74, 6) is 3.86. The van der Waals surface area contributed by atoms with Crippen molar-refractivity contribution in [1.82, 2.24) is 0 Å². The van der Waals surface area contributed by atoms with Gasteiger partial charge in [-0.05, 0) is 12.8 Å². The minimum absolute atomic E-state index is 0. The van der Waals surface area contributed by atoms with Gasteiger partial charge in [-0.2, -0.15) is 0 Å². The van der Waals surface area contributed by atoms with Crippen LogP contribution in [0.1, 0.15) is 12.8 Å². The monoisotopic (exact) mass is 473 g/mol. The summed E-state index contributed by atoms with van der Waals surface area (Å²) in [4.78, 5) is 0. The van der Waals surface area contributed by atoms with Gasteiger partial charge in [0.15, 0.2) is 11.1 Å². The molecule has 134 valence electrons. The Morgan fingerprint density at radius 2 is 1.29 bits per heavy atom. The van der Waals surface area contributed by atoms with E-state index >= 15 is 0 Å². The van der Waals surface area contributed by atoms with E-state index in [-0.39, 0.29) is 82.7 Å². The fourth-order valence-corrected chi connectivity index (χ4v) is 7.34. The summed E-state index contributed by atoms with van der Waals surface area (Å²) in [5.41, 5.74) is 11.6. The number of hydrogen-bond donors (Lipinski definition) is 3. The minimum atomic E-state index is -2.00. The van der Waals surface area contributed by atoms with Crippen LogP contribution in [0, 0.1) is 0 Å². The molecule has 0 aromatic rings. The van der Waals surface area contributed by atoms with Crippen molar-refractivity contribution >= 4 is 65.3 Å². The summed E-state index contributed by atoms with van der Waals surface area (Å²) in [6, 6.07) is -0.118. The first-order valence-electron chi connectivity index (χ1n) is 6.55. The van der Waals surface area contributed by atoms with Crippen molar-refractivity contribution in [3.63, 3.8) is 0 Å². The molecule has 0 bridgehead atoms. The van der Waals surface area contributed by atoms with Crippen molar-refractivity contribution in [1.29, 1.82) is 0 Å². The Kier molecular flexibility index (Phi) is 30.6. The van der Waals surface area contributed by atoms with Gasteiger partial charge in [0.2, 0.25) is 0 Å². The van der Waals surface area contributed by atoms with Gasteiger partial charge in [-0.3, -0.25) is 4.21 Å². The molecule has 6 nitrogen and oxygen atoms in total. The largest absolute Gasteiger partial charge is 1.00 e. The topological polar surface area (TPSA) is 129 Å². The average molecular weight is 474 g/mol. The molecule has 0 radical (unpaired) electrons. The maximum Gasteiger partial charge on any atom is 1.00 e. The van der Waals surface area contributed by atoms with Crippen LogP contribution in [-0.2, 0) is 22.2 Å². The van der Waals surface area contributed by atoms with E-state index in [1.54, 1.807) is 43.2 Å². The van der Waals surface area contributed by atoms with Crippen molar-refractivity contribution in [3.8, 4) is 0 Å². The Balaban J connectivity index is -0.00000220. The Labute approximate surface area is 210 Å². The zero-order valence-corrected chi connectivity index (χ0v) is 23.0. The molecule has 0 spiro atoms. The second-order valence-corrected chi connectivity index (χ2v) is 11.7. The van der Waals surface area contributed by atoms with E-state index in [9.17, 15) is 13.0 Å². The summed E-state index contributed by atoms with van der Waals surface area (Å²) in [5, 5.41) is 0. The predicted molar refractivity (Wildman–Crippen MR) is 104 cm³/mol. The molecule has 0 aromatic heterocycles. The molecular weight excluding hydrogens is 451 g/mol.